The van der Waals surface area contributed by atoms with Crippen LogP contribution in [0.5, 0.6) is 0 Å². The SMILES string of the molecule is CCNc1cc(C(=O)N2CCc3sccc3C2)cc(C)n1. The Balaban J connectivity index is 1.82. The van der Waals surface area contributed by atoms with Crippen LogP contribution in [0.1, 0.15) is 33.4 Å². The van der Waals surface area contributed by atoms with Crippen molar-refractivity contribution < 1.29 is 4.79 Å². The number of nitrogens with zero attached hydrogens (tertiary/aromatic N) is 2. The van der Waals surface area contributed by atoms with Gasteiger partial charge in [0, 0.05) is 35.8 Å². The number of pyridine rings is 1. The maximum absolute atomic E-state index is 12.7. The second-order valence-electron chi connectivity index (χ2n) is 5.26. The van der Waals surface area contributed by atoms with Gasteiger partial charge in [0.25, 0.3) is 5.91 Å². The predicted molar refractivity (Wildman–Crippen MR) is 85.9 cm³/mol. The van der Waals surface area contributed by atoms with Gasteiger partial charge in [-0.1, -0.05) is 0 Å². The molecule has 0 bridgehead atoms. The van der Waals surface area contributed by atoms with Crippen LogP contribution >= 0.6 is 11.3 Å². The molecule has 0 saturated carbocycles. The van der Waals surface area contributed by atoms with Gasteiger partial charge in [-0.2, -0.15) is 0 Å². The molecule has 4 nitrogen and oxygen atoms in total. The number of rotatable bonds is 3. The van der Waals surface area contributed by atoms with Gasteiger partial charge in [-0.3, -0.25) is 4.79 Å². The van der Waals surface area contributed by atoms with E-state index in [0.717, 1.165) is 43.1 Å². The summed E-state index contributed by atoms with van der Waals surface area (Å²) < 4.78 is 0. The van der Waals surface area contributed by atoms with Gasteiger partial charge in [-0.25, -0.2) is 4.98 Å². The molecule has 3 heterocycles. The molecule has 0 radical (unpaired) electrons. The number of aryl methyl sites for hydroxylation is 1. The summed E-state index contributed by atoms with van der Waals surface area (Å²) in [6.07, 6.45) is 0.961. The van der Waals surface area contributed by atoms with Crippen molar-refractivity contribution in [2.24, 2.45) is 0 Å². The summed E-state index contributed by atoms with van der Waals surface area (Å²) in [5.74, 6) is 0.866. The lowest BCUT2D eigenvalue weighted by Gasteiger charge is -2.27. The summed E-state index contributed by atoms with van der Waals surface area (Å²) in [5, 5.41) is 5.29. The van der Waals surface area contributed by atoms with E-state index in [4.69, 9.17) is 0 Å². The highest BCUT2D eigenvalue weighted by molar-refractivity contribution is 7.10. The molecule has 3 rings (SSSR count). The standard InChI is InChI=1S/C16H19N3OS/c1-3-17-15-9-13(8-11(2)18-15)16(20)19-6-4-14-12(10-19)5-7-21-14/h5,7-9H,3-4,6,10H2,1-2H3,(H,17,18). The number of anilines is 1. The summed E-state index contributed by atoms with van der Waals surface area (Å²) in [6, 6.07) is 5.84. The fraction of sp³-hybridized carbons (Fsp3) is 0.375. The Labute approximate surface area is 128 Å². The number of thiophene rings is 1. The van der Waals surface area contributed by atoms with Gasteiger partial charge in [0.05, 0.1) is 0 Å². The van der Waals surface area contributed by atoms with Crippen LogP contribution in [0.2, 0.25) is 0 Å². The molecule has 0 aliphatic carbocycles. The minimum atomic E-state index is 0.0940. The number of carbonyl (C=O) groups is 1. The van der Waals surface area contributed by atoms with Crippen molar-refractivity contribution in [3.63, 3.8) is 0 Å². The van der Waals surface area contributed by atoms with Gasteiger partial charge >= 0.3 is 0 Å². The molecule has 1 N–H and O–H groups in total. The van der Waals surface area contributed by atoms with E-state index < -0.39 is 0 Å². The van der Waals surface area contributed by atoms with Crippen LogP contribution < -0.4 is 5.32 Å². The molecule has 110 valence electrons. The molecule has 1 aliphatic heterocycles. The molecule has 0 fully saturated rings. The molecular formula is C16H19N3OS. The molecule has 2 aromatic rings. The van der Waals surface area contributed by atoms with Crippen LogP contribution in [-0.2, 0) is 13.0 Å². The average Bonchev–Trinajstić information content (AvgIpc) is 2.93. The van der Waals surface area contributed by atoms with Crippen molar-refractivity contribution in [2.75, 3.05) is 18.4 Å². The van der Waals surface area contributed by atoms with Crippen molar-refractivity contribution in [3.05, 3.63) is 45.3 Å². The highest BCUT2D eigenvalue weighted by atomic mass is 32.1. The third-order valence-corrected chi connectivity index (χ3v) is 4.68. The lowest BCUT2D eigenvalue weighted by atomic mass is 10.1. The molecule has 0 saturated heterocycles. The Hall–Kier alpha value is -1.88. The Morgan fingerprint density at radius 2 is 2.33 bits per heavy atom. The largest absolute Gasteiger partial charge is 0.370 e. The Kier molecular flexibility index (Phi) is 3.92. The van der Waals surface area contributed by atoms with Gasteiger partial charge in [0.1, 0.15) is 5.82 Å². The minimum absolute atomic E-state index is 0.0940. The monoisotopic (exact) mass is 301 g/mol. The lowest BCUT2D eigenvalue weighted by Crippen LogP contribution is -2.35. The van der Waals surface area contributed by atoms with Crippen LogP contribution in [0, 0.1) is 6.92 Å². The number of hydrogen-bond donors (Lipinski definition) is 1. The number of nitrogens with one attached hydrogen (secondary N) is 1. The molecule has 0 aromatic carbocycles. The van der Waals surface area contributed by atoms with Gasteiger partial charge in [0.2, 0.25) is 0 Å². The van der Waals surface area contributed by atoms with Crippen LogP contribution in [0.15, 0.2) is 23.6 Å². The Morgan fingerprint density at radius 3 is 3.14 bits per heavy atom. The van der Waals surface area contributed by atoms with E-state index in [1.54, 1.807) is 11.3 Å². The van der Waals surface area contributed by atoms with Crippen molar-refractivity contribution >= 4 is 23.1 Å². The van der Waals surface area contributed by atoms with E-state index >= 15 is 0 Å². The highest BCUT2D eigenvalue weighted by Crippen LogP contribution is 2.25. The maximum atomic E-state index is 12.7. The third kappa shape index (κ3) is 2.93. The fourth-order valence-electron chi connectivity index (χ4n) is 2.67. The molecular weight excluding hydrogens is 282 g/mol. The first kappa shape index (κ1) is 14.1. The van der Waals surface area contributed by atoms with Crippen LogP contribution in [0.4, 0.5) is 5.82 Å². The molecule has 1 aliphatic rings. The zero-order valence-electron chi connectivity index (χ0n) is 12.3. The average molecular weight is 301 g/mol. The molecule has 0 atom stereocenters. The molecule has 1 amide bonds. The highest BCUT2D eigenvalue weighted by Gasteiger charge is 2.23. The van der Waals surface area contributed by atoms with Crippen LogP contribution in [-0.4, -0.2) is 28.9 Å². The number of amides is 1. The van der Waals surface area contributed by atoms with Crippen LogP contribution in [0.25, 0.3) is 0 Å². The summed E-state index contributed by atoms with van der Waals surface area (Å²) in [4.78, 5) is 20.5. The zero-order valence-corrected chi connectivity index (χ0v) is 13.2. The van der Waals surface area contributed by atoms with Gasteiger partial charge in [0.15, 0.2) is 0 Å². The van der Waals surface area contributed by atoms with E-state index in [2.05, 4.69) is 21.7 Å². The predicted octanol–water partition coefficient (Wildman–Crippen LogP) is 3.08. The topological polar surface area (TPSA) is 45.2 Å². The van der Waals surface area contributed by atoms with E-state index in [1.807, 2.05) is 30.9 Å². The van der Waals surface area contributed by atoms with E-state index in [-0.39, 0.29) is 5.91 Å². The second-order valence-corrected chi connectivity index (χ2v) is 6.26. The quantitative estimate of drug-likeness (QED) is 0.947. The first-order valence-electron chi connectivity index (χ1n) is 7.24. The first-order valence-corrected chi connectivity index (χ1v) is 8.12. The van der Waals surface area contributed by atoms with Crippen molar-refractivity contribution in [1.82, 2.24) is 9.88 Å². The normalized spacial score (nSPS) is 13.9. The fourth-order valence-corrected chi connectivity index (χ4v) is 3.56. The van der Waals surface area contributed by atoms with Gasteiger partial charge in [-0.15, -0.1) is 11.3 Å². The summed E-state index contributed by atoms with van der Waals surface area (Å²) in [5.41, 5.74) is 2.87. The lowest BCUT2D eigenvalue weighted by molar-refractivity contribution is 0.0735. The zero-order chi connectivity index (χ0) is 14.8. The van der Waals surface area contributed by atoms with Crippen molar-refractivity contribution in [2.45, 2.75) is 26.8 Å². The van der Waals surface area contributed by atoms with Crippen molar-refractivity contribution in [3.8, 4) is 0 Å². The van der Waals surface area contributed by atoms with Crippen molar-refractivity contribution in [1.29, 1.82) is 0 Å². The van der Waals surface area contributed by atoms with Gasteiger partial charge in [-0.05, 0) is 49.4 Å². The Bertz CT molecular complexity index is 665. The summed E-state index contributed by atoms with van der Waals surface area (Å²) >= 11 is 1.79. The molecule has 0 spiro atoms. The maximum Gasteiger partial charge on any atom is 0.254 e. The summed E-state index contributed by atoms with van der Waals surface area (Å²) in [7, 11) is 0. The smallest absolute Gasteiger partial charge is 0.254 e. The molecule has 5 heteroatoms. The summed E-state index contributed by atoms with van der Waals surface area (Å²) in [6.45, 7) is 6.25. The van der Waals surface area contributed by atoms with Crippen LogP contribution in [0.3, 0.4) is 0 Å². The minimum Gasteiger partial charge on any atom is -0.370 e. The number of hydrogen-bond acceptors (Lipinski definition) is 4. The number of carbonyl (C=O) groups excluding carboxylic acids is 1. The van der Waals surface area contributed by atoms with E-state index in [1.165, 1.54) is 10.4 Å². The van der Waals surface area contributed by atoms with E-state index in [9.17, 15) is 4.79 Å². The number of aromatic nitrogens is 1. The first-order chi connectivity index (χ1) is 10.2. The number of fused-ring (bicyclic) bond motifs is 1. The third-order valence-electron chi connectivity index (χ3n) is 3.65. The molecule has 0 unspecified atom stereocenters. The molecule has 2 aromatic heterocycles. The molecule has 21 heavy (non-hydrogen) atoms. The Morgan fingerprint density at radius 1 is 1.48 bits per heavy atom. The van der Waals surface area contributed by atoms with Gasteiger partial charge < -0.3 is 10.2 Å². The van der Waals surface area contributed by atoms with E-state index in [0.29, 0.717) is 0 Å². The second kappa shape index (κ2) is 5.85.